The molecule has 2 aromatic carbocycles. The number of aromatic nitrogens is 3. The fourth-order valence-corrected chi connectivity index (χ4v) is 4.15. The maximum Gasteiger partial charge on any atom is 0.390 e. The zero-order valence-electron chi connectivity index (χ0n) is 20.0. The lowest BCUT2D eigenvalue weighted by molar-refractivity contribution is -0.131. The number of carbonyl (C=O) groups excluding carboxylic acids is 1. The highest BCUT2D eigenvalue weighted by Gasteiger charge is 2.27. The second kappa shape index (κ2) is 9.76. The zero-order valence-corrected chi connectivity index (χ0v) is 20.0. The number of carbonyl (C=O) groups is 1. The number of fused-ring (bicyclic) bond motifs is 1. The summed E-state index contributed by atoms with van der Waals surface area (Å²) in [6.07, 6.45) is -1.02. The van der Waals surface area contributed by atoms with Crippen molar-refractivity contribution >= 4 is 17.1 Å². The Morgan fingerprint density at radius 1 is 1.19 bits per heavy atom. The molecule has 192 valence electrons. The molecule has 0 unspecified atom stereocenters. The Hall–Kier alpha value is -4.08. The number of aromatic hydroxyl groups is 1. The number of imidazole rings is 1. The van der Waals surface area contributed by atoms with E-state index in [9.17, 15) is 23.1 Å². The smallest absolute Gasteiger partial charge is 0.390 e. The Balaban J connectivity index is 1.52. The minimum Gasteiger partial charge on any atom is -0.504 e. The molecule has 0 bridgehead atoms. The molecule has 0 aliphatic heterocycles. The molecule has 7 nitrogen and oxygen atoms in total. The van der Waals surface area contributed by atoms with E-state index in [1.807, 2.05) is 19.1 Å². The lowest BCUT2D eigenvalue weighted by Gasteiger charge is -2.13. The van der Waals surface area contributed by atoms with E-state index in [0.717, 1.165) is 24.0 Å². The lowest BCUT2D eigenvalue weighted by atomic mass is 9.98. The number of Topliss-reactive ketones (excluding diaryl/α,β-unsaturated/α-hetero) is 1. The molecule has 1 saturated carbocycles. The van der Waals surface area contributed by atoms with Gasteiger partial charge in [-0.25, -0.2) is 9.50 Å². The zero-order chi connectivity index (χ0) is 26.2. The van der Waals surface area contributed by atoms with Gasteiger partial charge in [-0.2, -0.15) is 13.2 Å². The number of anilines is 1. The van der Waals surface area contributed by atoms with E-state index in [-0.39, 0.29) is 29.7 Å². The average molecular weight is 511 g/mol. The van der Waals surface area contributed by atoms with Crippen molar-refractivity contribution in [1.82, 2.24) is 14.6 Å². The molecular weight excluding hydrogens is 485 g/mol. The van der Waals surface area contributed by atoms with E-state index in [4.69, 9.17) is 4.74 Å². The predicted molar refractivity (Wildman–Crippen MR) is 132 cm³/mol. The first kappa shape index (κ1) is 24.6. The number of nitrogens with zero attached hydrogens (tertiary/aromatic N) is 3. The summed E-state index contributed by atoms with van der Waals surface area (Å²) in [5.41, 5.74) is 3.42. The van der Waals surface area contributed by atoms with Crippen LogP contribution in [0.3, 0.4) is 0 Å². The highest BCUT2D eigenvalue weighted by Crippen LogP contribution is 2.35. The molecule has 1 fully saturated rings. The van der Waals surface area contributed by atoms with Crippen molar-refractivity contribution in [3.63, 3.8) is 0 Å². The van der Waals surface area contributed by atoms with Crippen LogP contribution in [0.5, 0.6) is 17.4 Å². The maximum absolute atomic E-state index is 12.8. The van der Waals surface area contributed by atoms with Gasteiger partial charge < -0.3 is 15.2 Å². The van der Waals surface area contributed by atoms with Gasteiger partial charge >= 0.3 is 6.18 Å². The number of aryl methyl sites for hydroxylation is 1. The molecule has 2 N–H and O–H groups in total. The lowest BCUT2D eigenvalue weighted by Crippen LogP contribution is -2.15. The standard InChI is InChI=1S/C27H25F3N4O3/c1-16-12-18(8-9-19(16)23(36)13-17-6-7-17)21-15-32-26-20(31-11-10-27(28,29)30)14-25(33-34(21)26)37-24-5-3-2-4-22(24)35/h2-5,8-9,12,14-15,17,31,35H,6-7,10-11,13H2,1H3. The van der Waals surface area contributed by atoms with Gasteiger partial charge in [-0.15, -0.1) is 5.10 Å². The quantitative estimate of drug-likeness (QED) is 0.248. The largest absolute Gasteiger partial charge is 0.504 e. The first-order valence-corrected chi connectivity index (χ1v) is 12.0. The highest BCUT2D eigenvalue weighted by atomic mass is 19.4. The van der Waals surface area contributed by atoms with Gasteiger partial charge in [0.15, 0.2) is 22.9 Å². The van der Waals surface area contributed by atoms with Crippen LogP contribution in [0.15, 0.2) is 54.7 Å². The Bertz CT molecular complexity index is 1460. The third-order valence-electron chi connectivity index (χ3n) is 6.24. The summed E-state index contributed by atoms with van der Waals surface area (Å²) in [6.45, 7) is 1.51. The van der Waals surface area contributed by atoms with Gasteiger partial charge in [0, 0.05) is 30.2 Å². The van der Waals surface area contributed by atoms with Crippen LogP contribution >= 0.6 is 0 Å². The van der Waals surface area contributed by atoms with Gasteiger partial charge in [-0.3, -0.25) is 4.79 Å². The summed E-state index contributed by atoms with van der Waals surface area (Å²) >= 11 is 0. The van der Waals surface area contributed by atoms with Gasteiger partial charge in [-0.05, 0) is 49.4 Å². The number of hydrogen-bond acceptors (Lipinski definition) is 6. The number of benzene rings is 2. The number of para-hydroxylation sites is 2. The molecule has 0 radical (unpaired) electrons. The molecule has 0 saturated heterocycles. The molecule has 2 heterocycles. The van der Waals surface area contributed by atoms with Crippen LogP contribution in [0.1, 0.15) is 41.6 Å². The minimum absolute atomic E-state index is 0.0516. The second-order valence-electron chi connectivity index (χ2n) is 9.24. The van der Waals surface area contributed by atoms with E-state index >= 15 is 0 Å². The second-order valence-corrected chi connectivity index (χ2v) is 9.24. The number of ether oxygens (including phenoxy) is 1. The Morgan fingerprint density at radius 2 is 1.97 bits per heavy atom. The van der Waals surface area contributed by atoms with E-state index < -0.39 is 12.6 Å². The average Bonchev–Trinajstić information content (AvgIpc) is 3.54. The SMILES string of the molecule is Cc1cc(-c2cnc3c(NCCC(F)(F)F)cc(Oc4ccccc4O)nn23)ccc1C(=O)CC1CC1. The van der Waals surface area contributed by atoms with Crippen molar-refractivity contribution in [3.8, 4) is 28.6 Å². The number of halogens is 3. The van der Waals surface area contributed by atoms with E-state index in [0.29, 0.717) is 34.9 Å². The molecule has 0 atom stereocenters. The van der Waals surface area contributed by atoms with Crippen LogP contribution in [-0.2, 0) is 0 Å². The molecule has 5 rings (SSSR count). The Kier molecular flexibility index (Phi) is 6.49. The predicted octanol–water partition coefficient (Wildman–Crippen LogP) is 6.55. The van der Waals surface area contributed by atoms with Crippen molar-refractivity contribution in [1.29, 1.82) is 0 Å². The molecule has 10 heteroatoms. The van der Waals surface area contributed by atoms with E-state index in [1.165, 1.54) is 16.6 Å². The van der Waals surface area contributed by atoms with E-state index in [1.54, 1.807) is 30.5 Å². The molecule has 0 amide bonds. The monoisotopic (exact) mass is 510 g/mol. The fourth-order valence-electron chi connectivity index (χ4n) is 4.15. The number of phenols is 1. The van der Waals surface area contributed by atoms with Gasteiger partial charge in [0.1, 0.15) is 0 Å². The maximum atomic E-state index is 12.8. The summed E-state index contributed by atoms with van der Waals surface area (Å²) in [6, 6.07) is 13.2. The third-order valence-corrected chi connectivity index (χ3v) is 6.24. The molecule has 2 aromatic heterocycles. The van der Waals surface area contributed by atoms with Gasteiger partial charge in [0.05, 0.1) is 24.0 Å². The third kappa shape index (κ3) is 5.68. The van der Waals surface area contributed by atoms with Crippen LogP contribution < -0.4 is 10.1 Å². The van der Waals surface area contributed by atoms with Gasteiger partial charge in [0.25, 0.3) is 0 Å². The summed E-state index contributed by atoms with van der Waals surface area (Å²) in [7, 11) is 0. The molecule has 1 aliphatic carbocycles. The minimum atomic E-state index is -4.32. The number of rotatable bonds is 9. The first-order valence-electron chi connectivity index (χ1n) is 12.0. The Morgan fingerprint density at radius 3 is 2.68 bits per heavy atom. The van der Waals surface area contributed by atoms with Crippen molar-refractivity contribution in [2.24, 2.45) is 5.92 Å². The number of hydrogen-bond donors (Lipinski definition) is 2. The van der Waals surface area contributed by atoms with Crippen LogP contribution in [-0.4, -0.2) is 38.2 Å². The number of nitrogens with one attached hydrogen (secondary N) is 1. The van der Waals surface area contributed by atoms with Crippen LogP contribution in [0.2, 0.25) is 0 Å². The van der Waals surface area contributed by atoms with Crippen LogP contribution in [0, 0.1) is 12.8 Å². The summed E-state index contributed by atoms with van der Waals surface area (Å²) in [4.78, 5) is 17.0. The Labute approximate surface area is 210 Å². The number of phenolic OH excluding ortho intramolecular Hbond substituents is 1. The van der Waals surface area contributed by atoms with Crippen molar-refractivity contribution < 1.29 is 27.8 Å². The number of alkyl halides is 3. The van der Waals surface area contributed by atoms with Crippen LogP contribution in [0.4, 0.5) is 18.9 Å². The highest BCUT2D eigenvalue weighted by molar-refractivity contribution is 5.98. The molecule has 1 aliphatic rings. The van der Waals surface area contributed by atoms with Crippen molar-refractivity contribution in [2.75, 3.05) is 11.9 Å². The van der Waals surface area contributed by atoms with Gasteiger partial charge in [-0.1, -0.05) is 24.3 Å². The van der Waals surface area contributed by atoms with Crippen LogP contribution in [0.25, 0.3) is 16.9 Å². The molecule has 4 aromatic rings. The van der Waals surface area contributed by atoms with E-state index in [2.05, 4.69) is 15.4 Å². The molecule has 0 spiro atoms. The van der Waals surface area contributed by atoms with Crippen molar-refractivity contribution in [3.05, 3.63) is 65.9 Å². The normalized spacial score (nSPS) is 13.6. The summed E-state index contributed by atoms with van der Waals surface area (Å²) in [5.74, 6) is 0.698. The molecule has 37 heavy (non-hydrogen) atoms. The summed E-state index contributed by atoms with van der Waals surface area (Å²) < 4.78 is 45.5. The first-order chi connectivity index (χ1) is 17.7. The van der Waals surface area contributed by atoms with Crippen molar-refractivity contribution in [2.45, 2.75) is 38.8 Å². The summed E-state index contributed by atoms with van der Waals surface area (Å²) in [5, 5.41) is 17.4. The van der Waals surface area contributed by atoms with Gasteiger partial charge in [0.2, 0.25) is 5.88 Å². The topological polar surface area (TPSA) is 88.8 Å². The molecular formula is C27H25F3N4O3. The number of ketones is 1. The fraction of sp³-hybridized carbons (Fsp3) is 0.296.